The summed E-state index contributed by atoms with van der Waals surface area (Å²) in [5.41, 5.74) is 0. The van der Waals surface area contributed by atoms with Crippen molar-refractivity contribution in [2.24, 2.45) is 0 Å². The van der Waals surface area contributed by atoms with E-state index in [0.29, 0.717) is 24.5 Å². The Morgan fingerprint density at radius 1 is 1.06 bits per heavy atom. The monoisotopic (exact) mass is 251 g/mol. The van der Waals surface area contributed by atoms with Crippen molar-refractivity contribution in [3.05, 3.63) is 0 Å². The van der Waals surface area contributed by atoms with Crippen molar-refractivity contribution in [2.45, 2.75) is 50.6 Å². The highest BCUT2D eigenvalue weighted by Gasteiger charge is 2.29. The lowest BCUT2D eigenvalue weighted by molar-refractivity contribution is -0.132. The minimum atomic E-state index is 0.311. The van der Waals surface area contributed by atoms with E-state index in [4.69, 9.17) is 0 Å². The maximum Gasteiger partial charge on any atom is 0.236 e. The summed E-state index contributed by atoms with van der Waals surface area (Å²) in [7, 11) is 0. The molecule has 3 fully saturated rings. The van der Waals surface area contributed by atoms with Crippen LogP contribution in [0.15, 0.2) is 0 Å². The lowest BCUT2D eigenvalue weighted by Gasteiger charge is -2.37. The molecule has 18 heavy (non-hydrogen) atoms. The van der Waals surface area contributed by atoms with Crippen molar-refractivity contribution in [1.82, 2.24) is 15.1 Å². The van der Waals surface area contributed by atoms with Crippen LogP contribution < -0.4 is 5.32 Å². The molecule has 0 radical (unpaired) electrons. The molecule has 102 valence electrons. The first-order valence-electron chi connectivity index (χ1n) is 7.58. The Morgan fingerprint density at radius 2 is 1.83 bits per heavy atom. The lowest BCUT2D eigenvalue weighted by atomic mass is 10.0. The van der Waals surface area contributed by atoms with E-state index in [-0.39, 0.29) is 0 Å². The number of hydrogen-bond acceptors (Lipinski definition) is 3. The summed E-state index contributed by atoms with van der Waals surface area (Å²) < 4.78 is 0. The van der Waals surface area contributed by atoms with Crippen LogP contribution in [0.1, 0.15) is 38.5 Å². The summed E-state index contributed by atoms with van der Waals surface area (Å²) in [6, 6.07) is 1.26. The molecule has 0 aromatic carbocycles. The molecular weight excluding hydrogens is 226 g/mol. The number of nitrogens with one attached hydrogen (secondary N) is 1. The van der Waals surface area contributed by atoms with E-state index in [1.807, 2.05) is 0 Å². The molecule has 3 rings (SSSR count). The Morgan fingerprint density at radius 3 is 2.56 bits per heavy atom. The fraction of sp³-hybridized carbons (Fsp3) is 0.929. The van der Waals surface area contributed by atoms with Crippen LogP contribution in [0.2, 0.25) is 0 Å². The number of amides is 1. The molecule has 0 bridgehead atoms. The van der Waals surface area contributed by atoms with Gasteiger partial charge >= 0.3 is 0 Å². The number of carbonyl (C=O) groups excluding carboxylic acids is 1. The van der Waals surface area contributed by atoms with Crippen molar-refractivity contribution in [3.63, 3.8) is 0 Å². The smallest absolute Gasteiger partial charge is 0.236 e. The highest BCUT2D eigenvalue weighted by Crippen LogP contribution is 2.21. The van der Waals surface area contributed by atoms with Crippen LogP contribution in [0, 0.1) is 0 Å². The van der Waals surface area contributed by atoms with Gasteiger partial charge in [-0.15, -0.1) is 0 Å². The third-order valence-electron chi connectivity index (χ3n) is 4.53. The molecule has 1 amide bonds. The molecule has 4 nitrogen and oxygen atoms in total. The van der Waals surface area contributed by atoms with Gasteiger partial charge in [0.1, 0.15) is 0 Å². The van der Waals surface area contributed by atoms with Gasteiger partial charge in [0.25, 0.3) is 0 Å². The molecule has 1 atom stereocenters. The Hall–Kier alpha value is -0.610. The summed E-state index contributed by atoms with van der Waals surface area (Å²) in [6.07, 6.45) is 7.64. The number of nitrogens with zero attached hydrogens (tertiary/aromatic N) is 2. The highest BCUT2D eigenvalue weighted by molar-refractivity contribution is 5.78. The van der Waals surface area contributed by atoms with Gasteiger partial charge in [0.05, 0.1) is 6.54 Å². The van der Waals surface area contributed by atoms with Gasteiger partial charge in [0.2, 0.25) is 5.91 Å². The van der Waals surface area contributed by atoms with Crippen molar-refractivity contribution in [1.29, 1.82) is 0 Å². The molecule has 1 unspecified atom stereocenters. The molecule has 2 saturated heterocycles. The van der Waals surface area contributed by atoms with E-state index in [9.17, 15) is 4.79 Å². The van der Waals surface area contributed by atoms with Crippen LogP contribution in [-0.4, -0.2) is 60.5 Å². The Bertz CT molecular complexity index is 297. The zero-order valence-electron chi connectivity index (χ0n) is 11.2. The molecule has 3 aliphatic rings. The SMILES string of the molecule is O=C(CNC1CC1)N1CCCC(N2CCCC2)C1. The molecule has 0 spiro atoms. The molecule has 1 aliphatic carbocycles. The number of hydrogen-bond donors (Lipinski definition) is 1. The first-order chi connectivity index (χ1) is 8.83. The number of rotatable bonds is 4. The predicted octanol–water partition coefficient (Wildman–Crippen LogP) is 0.825. The second-order valence-electron chi connectivity index (χ2n) is 6.03. The first-order valence-corrected chi connectivity index (χ1v) is 7.58. The molecule has 1 N–H and O–H groups in total. The molecule has 4 heteroatoms. The van der Waals surface area contributed by atoms with E-state index in [0.717, 1.165) is 13.1 Å². The maximum atomic E-state index is 12.1. The fourth-order valence-corrected chi connectivity index (χ4v) is 3.22. The minimum absolute atomic E-state index is 0.311. The van der Waals surface area contributed by atoms with Crippen LogP contribution in [0.5, 0.6) is 0 Å². The fourth-order valence-electron chi connectivity index (χ4n) is 3.22. The number of piperidine rings is 1. The maximum absolute atomic E-state index is 12.1. The largest absolute Gasteiger partial charge is 0.340 e. The molecule has 2 aliphatic heterocycles. The molecule has 0 aromatic heterocycles. The van der Waals surface area contributed by atoms with Gasteiger partial charge in [-0.25, -0.2) is 0 Å². The Kier molecular flexibility index (Phi) is 3.85. The van der Waals surface area contributed by atoms with Crippen LogP contribution in [0.3, 0.4) is 0 Å². The lowest BCUT2D eigenvalue weighted by Crippen LogP contribution is -2.51. The summed E-state index contributed by atoms with van der Waals surface area (Å²) in [5, 5.41) is 3.33. The standard InChI is InChI=1S/C14H25N3O/c18-14(10-15-12-5-6-12)17-9-3-4-13(11-17)16-7-1-2-8-16/h12-13,15H,1-11H2. The van der Waals surface area contributed by atoms with E-state index in [1.54, 1.807) is 0 Å². The number of likely N-dealkylation sites (tertiary alicyclic amines) is 2. The van der Waals surface area contributed by atoms with Gasteiger partial charge in [-0.05, 0) is 51.6 Å². The van der Waals surface area contributed by atoms with Gasteiger partial charge in [-0.3, -0.25) is 9.69 Å². The van der Waals surface area contributed by atoms with Crippen molar-refractivity contribution >= 4 is 5.91 Å². The van der Waals surface area contributed by atoms with Crippen LogP contribution in [0.4, 0.5) is 0 Å². The van der Waals surface area contributed by atoms with Crippen molar-refractivity contribution in [2.75, 3.05) is 32.7 Å². The third kappa shape index (κ3) is 3.04. The normalized spacial score (nSPS) is 29.8. The molecule has 0 aromatic rings. The molecule has 2 heterocycles. The van der Waals surface area contributed by atoms with E-state index >= 15 is 0 Å². The average molecular weight is 251 g/mol. The average Bonchev–Trinajstić information content (AvgIpc) is 3.08. The zero-order valence-corrected chi connectivity index (χ0v) is 11.2. The van der Waals surface area contributed by atoms with Crippen LogP contribution in [-0.2, 0) is 4.79 Å². The minimum Gasteiger partial charge on any atom is -0.340 e. The Labute approximate surface area is 110 Å². The van der Waals surface area contributed by atoms with Crippen molar-refractivity contribution in [3.8, 4) is 0 Å². The summed E-state index contributed by atoms with van der Waals surface area (Å²) in [4.78, 5) is 16.8. The van der Waals surface area contributed by atoms with Gasteiger partial charge in [0.15, 0.2) is 0 Å². The van der Waals surface area contributed by atoms with E-state index in [2.05, 4.69) is 15.1 Å². The predicted molar refractivity (Wildman–Crippen MR) is 71.4 cm³/mol. The van der Waals surface area contributed by atoms with Crippen molar-refractivity contribution < 1.29 is 4.79 Å². The number of carbonyl (C=O) groups is 1. The quantitative estimate of drug-likeness (QED) is 0.804. The summed E-state index contributed by atoms with van der Waals surface area (Å²) in [5.74, 6) is 0.311. The van der Waals surface area contributed by atoms with Gasteiger partial charge < -0.3 is 10.2 Å². The zero-order chi connectivity index (χ0) is 12.4. The van der Waals surface area contributed by atoms with Gasteiger partial charge in [-0.1, -0.05) is 0 Å². The summed E-state index contributed by atoms with van der Waals surface area (Å²) in [6.45, 7) is 4.97. The Balaban J connectivity index is 1.47. The topological polar surface area (TPSA) is 35.6 Å². The van der Waals surface area contributed by atoms with Crippen LogP contribution >= 0.6 is 0 Å². The van der Waals surface area contributed by atoms with Gasteiger partial charge in [-0.2, -0.15) is 0 Å². The third-order valence-corrected chi connectivity index (χ3v) is 4.53. The second-order valence-corrected chi connectivity index (χ2v) is 6.03. The first kappa shape index (κ1) is 12.4. The molecule has 1 saturated carbocycles. The second kappa shape index (κ2) is 5.57. The van der Waals surface area contributed by atoms with Gasteiger partial charge in [0, 0.05) is 25.2 Å². The molecular formula is C14H25N3O. The van der Waals surface area contributed by atoms with E-state index in [1.165, 1.54) is 51.6 Å². The summed E-state index contributed by atoms with van der Waals surface area (Å²) >= 11 is 0. The van der Waals surface area contributed by atoms with Crippen LogP contribution in [0.25, 0.3) is 0 Å². The highest BCUT2D eigenvalue weighted by atomic mass is 16.2. The van der Waals surface area contributed by atoms with E-state index < -0.39 is 0 Å².